The summed E-state index contributed by atoms with van der Waals surface area (Å²) in [6.07, 6.45) is 5.98. The molecule has 2 N–H and O–H groups in total. The minimum Gasteiger partial charge on any atom is -0.378 e. The van der Waals surface area contributed by atoms with Crippen LogP contribution in [0.15, 0.2) is 6.20 Å². The Balaban J connectivity index is 1.95. The second kappa shape index (κ2) is 5.42. The molecule has 0 atom stereocenters. The molecular weight excluding hydrogens is 256 g/mol. The van der Waals surface area contributed by atoms with Gasteiger partial charge in [0.25, 0.3) is 0 Å². The number of nitro groups is 1. The van der Waals surface area contributed by atoms with Crippen LogP contribution in [0.2, 0.25) is 0 Å². The third kappa shape index (κ3) is 3.11. The molecule has 112 valence electrons. The van der Waals surface area contributed by atoms with Crippen molar-refractivity contribution < 1.29 is 4.92 Å². The van der Waals surface area contributed by atoms with E-state index in [0.717, 1.165) is 18.8 Å². The fourth-order valence-corrected chi connectivity index (χ4v) is 3.13. The molecule has 0 aliphatic heterocycles. The maximum absolute atomic E-state index is 10.8. The van der Waals surface area contributed by atoms with E-state index >= 15 is 0 Å². The first-order chi connectivity index (χ1) is 9.29. The third-order valence-corrected chi connectivity index (χ3v) is 4.56. The van der Waals surface area contributed by atoms with Gasteiger partial charge in [0.15, 0.2) is 0 Å². The minimum absolute atomic E-state index is 0.0895. The number of hydrogen-bond acceptors (Lipinski definition) is 4. The summed E-state index contributed by atoms with van der Waals surface area (Å²) < 4.78 is 1.58. The second-order valence-electron chi connectivity index (χ2n) is 6.94. The van der Waals surface area contributed by atoms with Crippen LogP contribution in [0.5, 0.6) is 0 Å². The predicted molar refractivity (Wildman–Crippen MR) is 78.2 cm³/mol. The first kappa shape index (κ1) is 14.8. The summed E-state index contributed by atoms with van der Waals surface area (Å²) in [4.78, 5) is 10.3. The minimum atomic E-state index is -0.477. The van der Waals surface area contributed by atoms with Crippen molar-refractivity contribution in [1.29, 1.82) is 0 Å². The van der Waals surface area contributed by atoms with Crippen LogP contribution in [0.1, 0.15) is 46.5 Å². The Morgan fingerprint density at radius 2 is 2.00 bits per heavy atom. The van der Waals surface area contributed by atoms with E-state index in [4.69, 9.17) is 5.73 Å². The SMILES string of the molecule is CC(C)(C)C1CCC(Cn2ncc([N+](=O)[O-])c2N)CC1. The standard InChI is InChI=1S/C14H24N4O2/c1-14(2,3)11-6-4-10(5-7-11)9-17-13(15)12(8-16-17)18(19)20/h8,10-11H,4-7,9,15H2,1-3H3. The average molecular weight is 280 g/mol. The Labute approximate surface area is 119 Å². The Kier molecular flexibility index (Phi) is 4.01. The molecule has 1 aliphatic rings. The molecule has 0 spiro atoms. The highest BCUT2D eigenvalue weighted by Crippen LogP contribution is 2.40. The van der Waals surface area contributed by atoms with Gasteiger partial charge in [-0.25, -0.2) is 4.68 Å². The van der Waals surface area contributed by atoms with Gasteiger partial charge in [0, 0.05) is 6.54 Å². The van der Waals surface area contributed by atoms with Crippen LogP contribution in [-0.4, -0.2) is 14.7 Å². The van der Waals surface area contributed by atoms with E-state index < -0.39 is 4.92 Å². The zero-order valence-electron chi connectivity index (χ0n) is 12.5. The monoisotopic (exact) mass is 280 g/mol. The van der Waals surface area contributed by atoms with Crippen molar-refractivity contribution in [3.8, 4) is 0 Å². The van der Waals surface area contributed by atoms with Gasteiger partial charge in [-0.05, 0) is 42.9 Å². The summed E-state index contributed by atoms with van der Waals surface area (Å²) in [5.41, 5.74) is 6.06. The Bertz CT molecular complexity index is 482. The highest BCUT2D eigenvalue weighted by molar-refractivity contribution is 5.51. The van der Waals surface area contributed by atoms with Crippen molar-refractivity contribution in [2.75, 3.05) is 5.73 Å². The number of aromatic nitrogens is 2. The second-order valence-corrected chi connectivity index (χ2v) is 6.94. The zero-order chi connectivity index (χ0) is 14.9. The number of hydrogen-bond donors (Lipinski definition) is 1. The van der Waals surface area contributed by atoms with E-state index in [2.05, 4.69) is 25.9 Å². The molecule has 6 nitrogen and oxygen atoms in total. The summed E-state index contributed by atoms with van der Waals surface area (Å²) in [5, 5.41) is 14.8. The first-order valence-corrected chi connectivity index (χ1v) is 7.24. The lowest BCUT2D eigenvalue weighted by Crippen LogP contribution is -2.27. The van der Waals surface area contributed by atoms with Gasteiger partial charge in [0.05, 0.1) is 4.92 Å². The van der Waals surface area contributed by atoms with Gasteiger partial charge in [-0.15, -0.1) is 0 Å². The molecular formula is C14H24N4O2. The number of rotatable bonds is 3. The lowest BCUT2D eigenvalue weighted by Gasteiger charge is -2.37. The van der Waals surface area contributed by atoms with E-state index in [0.29, 0.717) is 17.9 Å². The van der Waals surface area contributed by atoms with Gasteiger partial charge >= 0.3 is 5.69 Å². The summed E-state index contributed by atoms with van der Waals surface area (Å²) in [7, 11) is 0. The first-order valence-electron chi connectivity index (χ1n) is 7.24. The Morgan fingerprint density at radius 3 is 2.45 bits per heavy atom. The average Bonchev–Trinajstić information content (AvgIpc) is 2.71. The molecule has 0 saturated heterocycles. The van der Waals surface area contributed by atoms with Crippen LogP contribution >= 0.6 is 0 Å². The number of nitrogen functional groups attached to an aromatic ring is 1. The number of nitrogens with two attached hydrogens (primary N) is 1. The Morgan fingerprint density at radius 1 is 1.40 bits per heavy atom. The van der Waals surface area contributed by atoms with Gasteiger partial charge in [-0.1, -0.05) is 20.8 Å². The highest BCUT2D eigenvalue weighted by Gasteiger charge is 2.30. The van der Waals surface area contributed by atoms with Crippen LogP contribution < -0.4 is 5.73 Å². The summed E-state index contributed by atoms with van der Waals surface area (Å²) >= 11 is 0. The van der Waals surface area contributed by atoms with Crippen LogP contribution in [0.25, 0.3) is 0 Å². The fourth-order valence-electron chi connectivity index (χ4n) is 3.13. The predicted octanol–water partition coefficient (Wildman–Crippen LogP) is 3.23. The normalized spacial score (nSPS) is 23.8. The molecule has 2 rings (SSSR count). The molecule has 1 aliphatic carbocycles. The van der Waals surface area contributed by atoms with Crippen molar-refractivity contribution in [3.05, 3.63) is 16.3 Å². The molecule has 1 heterocycles. The van der Waals surface area contributed by atoms with Crippen LogP contribution in [0.3, 0.4) is 0 Å². The summed E-state index contributed by atoms with van der Waals surface area (Å²) in [5.74, 6) is 1.46. The molecule has 6 heteroatoms. The van der Waals surface area contributed by atoms with Crippen molar-refractivity contribution in [2.45, 2.75) is 53.0 Å². The molecule has 0 radical (unpaired) electrons. The molecule has 1 aromatic heterocycles. The van der Waals surface area contributed by atoms with Crippen LogP contribution in [0, 0.1) is 27.4 Å². The van der Waals surface area contributed by atoms with Gasteiger partial charge in [-0.2, -0.15) is 5.10 Å². The molecule has 1 aromatic rings. The molecule has 1 fully saturated rings. The fraction of sp³-hybridized carbons (Fsp3) is 0.786. The van der Waals surface area contributed by atoms with E-state index in [1.54, 1.807) is 4.68 Å². The summed E-state index contributed by atoms with van der Waals surface area (Å²) in [6.45, 7) is 7.59. The van der Waals surface area contributed by atoms with Gasteiger partial charge in [0.1, 0.15) is 6.20 Å². The highest BCUT2D eigenvalue weighted by atomic mass is 16.6. The van der Waals surface area contributed by atoms with E-state index in [1.807, 2.05) is 0 Å². The van der Waals surface area contributed by atoms with Gasteiger partial charge in [0.2, 0.25) is 5.82 Å². The molecule has 0 unspecified atom stereocenters. The lowest BCUT2D eigenvalue weighted by atomic mass is 9.70. The van der Waals surface area contributed by atoms with Crippen molar-refractivity contribution >= 4 is 11.5 Å². The third-order valence-electron chi connectivity index (χ3n) is 4.56. The van der Waals surface area contributed by atoms with Crippen molar-refractivity contribution in [3.63, 3.8) is 0 Å². The van der Waals surface area contributed by atoms with E-state index in [1.165, 1.54) is 19.0 Å². The van der Waals surface area contributed by atoms with Gasteiger partial charge in [-0.3, -0.25) is 10.1 Å². The van der Waals surface area contributed by atoms with Crippen LogP contribution in [-0.2, 0) is 6.54 Å². The Hall–Kier alpha value is -1.59. The largest absolute Gasteiger partial charge is 0.378 e. The molecule has 0 amide bonds. The van der Waals surface area contributed by atoms with E-state index in [-0.39, 0.29) is 11.5 Å². The topological polar surface area (TPSA) is 87.0 Å². The molecule has 20 heavy (non-hydrogen) atoms. The van der Waals surface area contributed by atoms with Crippen molar-refractivity contribution in [2.24, 2.45) is 17.3 Å². The van der Waals surface area contributed by atoms with Gasteiger partial charge < -0.3 is 5.73 Å². The molecule has 0 bridgehead atoms. The number of anilines is 1. The lowest BCUT2D eigenvalue weighted by molar-refractivity contribution is -0.384. The smallest absolute Gasteiger partial charge is 0.330 e. The maximum atomic E-state index is 10.8. The van der Waals surface area contributed by atoms with E-state index in [9.17, 15) is 10.1 Å². The van der Waals surface area contributed by atoms with Crippen LogP contribution in [0.4, 0.5) is 11.5 Å². The quantitative estimate of drug-likeness (QED) is 0.680. The summed E-state index contributed by atoms with van der Waals surface area (Å²) in [6, 6.07) is 0. The zero-order valence-corrected chi connectivity index (χ0v) is 12.5. The maximum Gasteiger partial charge on any atom is 0.330 e. The molecule has 0 aromatic carbocycles. The molecule has 1 saturated carbocycles. The number of nitrogens with zero attached hydrogens (tertiary/aromatic N) is 3. The van der Waals surface area contributed by atoms with Crippen molar-refractivity contribution in [1.82, 2.24) is 9.78 Å².